The Labute approximate surface area is 235 Å². The van der Waals surface area contributed by atoms with Gasteiger partial charge in [0.05, 0.1) is 11.0 Å². The summed E-state index contributed by atoms with van der Waals surface area (Å²) in [6.07, 6.45) is 8.04. The molecule has 0 radical (unpaired) electrons. The van der Waals surface area contributed by atoms with Gasteiger partial charge in [0.2, 0.25) is 5.91 Å². The Morgan fingerprint density at radius 3 is 2.32 bits per heavy atom. The minimum atomic E-state index is -0.951. The Hall–Kier alpha value is -2.34. The van der Waals surface area contributed by atoms with Gasteiger partial charge in [0.15, 0.2) is 0 Å². The van der Waals surface area contributed by atoms with E-state index in [1.165, 1.54) is 0 Å². The van der Waals surface area contributed by atoms with Crippen LogP contribution in [-0.4, -0.2) is 36.0 Å². The van der Waals surface area contributed by atoms with Crippen molar-refractivity contribution >= 4 is 46.3 Å². The van der Waals surface area contributed by atoms with Gasteiger partial charge in [-0.05, 0) is 61.2 Å². The molecule has 2 aromatic rings. The molecule has 1 fully saturated rings. The predicted molar refractivity (Wildman–Crippen MR) is 158 cm³/mol. The topological polar surface area (TPSA) is 72.3 Å². The molecule has 0 bridgehead atoms. The minimum Gasteiger partial charge on any atom is -0.340 e. The van der Waals surface area contributed by atoms with E-state index in [4.69, 9.17) is 46.3 Å². The van der Waals surface area contributed by atoms with Gasteiger partial charge in [0, 0.05) is 40.6 Å². The summed E-state index contributed by atoms with van der Waals surface area (Å²) in [5, 5.41) is 1.79. The lowest BCUT2D eigenvalue weighted by Gasteiger charge is -2.45. The van der Waals surface area contributed by atoms with Crippen molar-refractivity contribution in [3.63, 3.8) is 0 Å². The first-order valence-corrected chi connectivity index (χ1v) is 13.3. The van der Waals surface area contributed by atoms with Gasteiger partial charge in [0.25, 0.3) is 0 Å². The first kappa shape index (κ1) is 29.2. The molecule has 1 aliphatic carbocycles. The standard InChI is InChI=1S/C23H24Cl3N3O.C7H10/c1-2-29-13-23(28)11-19(17-8-7-16(25)9-20(17)26)18(10-22(23,12-27)21(29)30)14-3-5-15(24)6-4-14;1-4-5-6-7(2)3/h3-10,19H,2,11-13,27-28H2,1H3;4-6H,1-2H2,3H3/b;6-5-. The maximum Gasteiger partial charge on any atom is 0.235 e. The van der Waals surface area contributed by atoms with Crippen LogP contribution in [0, 0.1) is 5.41 Å². The highest BCUT2D eigenvalue weighted by molar-refractivity contribution is 6.35. The Balaban J connectivity index is 0.000000479. The largest absolute Gasteiger partial charge is 0.340 e. The molecule has 1 saturated heterocycles. The molecule has 2 aromatic carbocycles. The van der Waals surface area contributed by atoms with Crippen molar-refractivity contribution in [3.05, 3.63) is 112 Å². The number of likely N-dealkylation sites (N-methyl/N-ethyl adjacent to an activating group) is 1. The minimum absolute atomic E-state index is 0.0119. The number of amides is 1. The summed E-state index contributed by atoms with van der Waals surface area (Å²) < 4.78 is 0. The van der Waals surface area contributed by atoms with Crippen molar-refractivity contribution in [3.8, 4) is 0 Å². The second-order valence-corrected chi connectivity index (χ2v) is 10.9. The molecule has 0 saturated carbocycles. The maximum absolute atomic E-state index is 13.4. The van der Waals surface area contributed by atoms with Crippen LogP contribution in [0.3, 0.4) is 0 Å². The molecular formula is C30H34Cl3N3O. The van der Waals surface area contributed by atoms with Crippen LogP contribution in [0.2, 0.25) is 15.1 Å². The van der Waals surface area contributed by atoms with Gasteiger partial charge in [-0.25, -0.2) is 0 Å². The third kappa shape index (κ3) is 5.89. The molecule has 2 aliphatic rings. The smallest absolute Gasteiger partial charge is 0.235 e. The summed E-state index contributed by atoms with van der Waals surface area (Å²) in [6.45, 7) is 12.3. The third-order valence-corrected chi connectivity index (χ3v) is 7.93. The number of fused-ring (bicyclic) bond motifs is 1. The van der Waals surface area contributed by atoms with Crippen LogP contribution in [-0.2, 0) is 4.79 Å². The van der Waals surface area contributed by atoms with Gasteiger partial charge in [-0.2, -0.15) is 0 Å². The number of carbonyl (C=O) groups excluding carboxylic acids is 1. The van der Waals surface area contributed by atoms with E-state index < -0.39 is 11.0 Å². The zero-order valence-electron chi connectivity index (χ0n) is 21.3. The third-order valence-electron chi connectivity index (χ3n) is 7.11. The number of nitrogens with two attached hydrogens (primary N) is 2. The number of rotatable bonds is 6. The van der Waals surface area contributed by atoms with Crippen LogP contribution < -0.4 is 11.5 Å². The van der Waals surface area contributed by atoms with Crippen LogP contribution in [0.5, 0.6) is 0 Å². The van der Waals surface area contributed by atoms with Gasteiger partial charge in [-0.3, -0.25) is 4.79 Å². The molecule has 1 aliphatic heterocycles. The molecular weight excluding hydrogens is 525 g/mol. The van der Waals surface area contributed by atoms with Crippen molar-refractivity contribution in [1.82, 2.24) is 4.90 Å². The molecule has 4 N–H and O–H groups in total. The highest BCUT2D eigenvalue weighted by Crippen LogP contribution is 2.54. The molecule has 3 unspecified atom stereocenters. The first-order valence-electron chi connectivity index (χ1n) is 12.2. The molecule has 1 amide bonds. The van der Waals surface area contributed by atoms with Crippen LogP contribution in [0.15, 0.2) is 85.5 Å². The van der Waals surface area contributed by atoms with Crippen molar-refractivity contribution in [1.29, 1.82) is 0 Å². The zero-order chi connectivity index (χ0) is 27.4. The monoisotopic (exact) mass is 557 g/mol. The number of carbonyl (C=O) groups is 1. The average molecular weight is 559 g/mol. The summed E-state index contributed by atoms with van der Waals surface area (Å²) in [4.78, 5) is 15.2. The summed E-state index contributed by atoms with van der Waals surface area (Å²) in [6, 6.07) is 13.1. The number of halogens is 3. The summed E-state index contributed by atoms with van der Waals surface area (Å²) >= 11 is 18.9. The summed E-state index contributed by atoms with van der Waals surface area (Å²) in [7, 11) is 0. The molecule has 7 heteroatoms. The van der Waals surface area contributed by atoms with Gasteiger partial charge < -0.3 is 16.4 Å². The average Bonchev–Trinajstić information content (AvgIpc) is 3.09. The van der Waals surface area contributed by atoms with Gasteiger partial charge in [-0.1, -0.05) is 96.0 Å². The molecule has 0 spiro atoms. The quantitative estimate of drug-likeness (QED) is 0.374. The van der Waals surface area contributed by atoms with Gasteiger partial charge in [0.1, 0.15) is 0 Å². The first-order chi connectivity index (χ1) is 17.5. The van der Waals surface area contributed by atoms with E-state index >= 15 is 0 Å². The Kier molecular flexibility index (Phi) is 9.49. The number of hydrogen-bond acceptors (Lipinski definition) is 3. The number of benzene rings is 2. The van der Waals surface area contributed by atoms with E-state index in [0.29, 0.717) is 34.6 Å². The fourth-order valence-electron chi connectivity index (χ4n) is 5.17. The summed E-state index contributed by atoms with van der Waals surface area (Å²) in [5.74, 6) is -0.118. The lowest BCUT2D eigenvalue weighted by Crippen LogP contribution is -2.61. The van der Waals surface area contributed by atoms with E-state index in [1.807, 2.05) is 68.5 Å². The van der Waals surface area contributed by atoms with Crippen molar-refractivity contribution < 1.29 is 4.79 Å². The van der Waals surface area contributed by atoms with Gasteiger partial charge >= 0.3 is 0 Å². The lowest BCUT2D eigenvalue weighted by atomic mass is 9.60. The maximum atomic E-state index is 13.4. The predicted octanol–water partition coefficient (Wildman–Crippen LogP) is 7.03. The van der Waals surface area contributed by atoms with Crippen molar-refractivity contribution in [2.75, 3.05) is 19.6 Å². The molecule has 0 aromatic heterocycles. The Morgan fingerprint density at radius 2 is 1.81 bits per heavy atom. The molecule has 4 rings (SSSR count). The highest BCUT2D eigenvalue weighted by Gasteiger charge is 2.62. The van der Waals surface area contributed by atoms with E-state index in [1.54, 1.807) is 17.0 Å². The van der Waals surface area contributed by atoms with Crippen LogP contribution in [0.1, 0.15) is 37.3 Å². The van der Waals surface area contributed by atoms with Crippen LogP contribution in [0.4, 0.5) is 0 Å². The Morgan fingerprint density at radius 1 is 1.16 bits per heavy atom. The summed E-state index contributed by atoms with van der Waals surface area (Å²) in [5.41, 5.74) is 15.4. The van der Waals surface area contributed by atoms with E-state index in [-0.39, 0.29) is 18.4 Å². The van der Waals surface area contributed by atoms with Gasteiger partial charge in [-0.15, -0.1) is 0 Å². The number of allylic oxidation sites excluding steroid dienone is 5. The fourth-order valence-corrected chi connectivity index (χ4v) is 5.83. The number of likely N-dealkylation sites (tertiary alicyclic amines) is 1. The highest BCUT2D eigenvalue weighted by atomic mass is 35.5. The second-order valence-electron chi connectivity index (χ2n) is 9.62. The SMILES string of the molecule is C=C/C=C\C(=C)C.CCN1CC2(N)CC(c3ccc(Cl)cc3Cl)C(c3ccc(Cl)cc3)=CC2(CN)C1=O. The molecule has 4 nitrogen and oxygen atoms in total. The normalized spacial score (nSPS) is 24.8. The van der Waals surface area contributed by atoms with Crippen molar-refractivity contribution in [2.24, 2.45) is 16.9 Å². The number of hydrogen-bond donors (Lipinski definition) is 2. The molecule has 37 heavy (non-hydrogen) atoms. The van der Waals surface area contributed by atoms with Crippen molar-refractivity contribution in [2.45, 2.75) is 31.7 Å². The lowest BCUT2D eigenvalue weighted by molar-refractivity contribution is -0.134. The van der Waals surface area contributed by atoms with Crippen LogP contribution >= 0.6 is 34.8 Å². The second kappa shape index (κ2) is 12.0. The van der Waals surface area contributed by atoms with E-state index in [9.17, 15) is 4.79 Å². The Bertz CT molecular complexity index is 1240. The molecule has 3 atom stereocenters. The number of nitrogens with zero attached hydrogens (tertiary/aromatic N) is 1. The fraction of sp³-hybridized carbons (Fsp3) is 0.300. The molecule has 196 valence electrons. The van der Waals surface area contributed by atoms with E-state index in [0.717, 1.165) is 22.3 Å². The van der Waals surface area contributed by atoms with E-state index in [2.05, 4.69) is 13.2 Å². The van der Waals surface area contributed by atoms with Crippen LogP contribution in [0.25, 0.3) is 5.57 Å². The zero-order valence-corrected chi connectivity index (χ0v) is 23.6. The molecule has 1 heterocycles.